The third kappa shape index (κ3) is 2.45. The normalized spacial score (nSPS) is 10.3. The summed E-state index contributed by atoms with van der Waals surface area (Å²) in [6.45, 7) is 0. The molecule has 0 spiro atoms. The number of rotatable bonds is 3. The van der Waals surface area contributed by atoms with Gasteiger partial charge in [0.25, 0.3) is 0 Å². The summed E-state index contributed by atoms with van der Waals surface area (Å²) in [6.07, 6.45) is 2.09. The quantitative estimate of drug-likeness (QED) is 0.690. The van der Waals surface area contributed by atoms with Crippen molar-refractivity contribution in [1.29, 1.82) is 0 Å². The molecule has 0 saturated heterocycles. The number of carbonyl (C=O) groups excluding carboxylic acids is 1. The molecule has 0 aromatic heterocycles. The van der Waals surface area contributed by atoms with E-state index in [1.165, 1.54) is 18.2 Å². The first-order chi connectivity index (χ1) is 6.61. The average molecular weight is 191 g/mol. The van der Waals surface area contributed by atoms with Gasteiger partial charge in [0.1, 0.15) is 0 Å². The Morgan fingerprint density at radius 1 is 1.29 bits per heavy atom. The van der Waals surface area contributed by atoms with E-state index in [1.807, 2.05) is 0 Å². The maximum atomic E-state index is 10.6. The molecule has 14 heavy (non-hydrogen) atoms. The molecule has 0 aliphatic carbocycles. The highest BCUT2D eigenvalue weighted by Crippen LogP contribution is 2.09. The summed E-state index contributed by atoms with van der Waals surface area (Å²) in [5.74, 6) is -2.45. The van der Waals surface area contributed by atoms with Gasteiger partial charge in [-0.25, -0.2) is 4.79 Å². The highest BCUT2D eigenvalue weighted by molar-refractivity contribution is 5.93. The lowest BCUT2D eigenvalue weighted by Crippen LogP contribution is -2.23. The van der Waals surface area contributed by atoms with Crippen molar-refractivity contribution >= 4 is 18.0 Å². The fourth-order valence-corrected chi connectivity index (χ4v) is 0.989. The first kappa shape index (κ1) is 9.98. The Morgan fingerprint density at radius 3 is 2.50 bits per heavy atom. The molecule has 0 saturated carbocycles. The van der Waals surface area contributed by atoms with E-state index in [-0.39, 0.29) is 5.56 Å². The molecule has 0 unspecified atom stereocenters. The van der Waals surface area contributed by atoms with Gasteiger partial charge in [-0.3, -0.25) is 0 Å². The largest absolute Gasteiger partial charge is 0.545 e. The molecule has 1 aromatic carbocycles. The van der Waals surface area contributed by atoms with Crippen LogP contribution >= 0.6 is 0 Å². The molecular weight excluding hydrogens is 184 g/mol. The molecule has 1 rings (SSSR count). The maximum Gasteiger partial charge on any atom is 0.328 e. The van der Waals surface area contributed by atoms with Crippen LogP contribution < -0.4 is 5.11 Å². The molecule has 4 nitrogen and oxygen atoms in total. The molecule has 0 radical (unpaired) electrons. The average Bonchev–Trinajstić information content (AvgIpc) is 2.15. The summed E-state index contributed by atoms with van der Waals surface area (Å²) < 4.78 is 0. The molecule has 1 N–H and O–H groups in total. The van der Waals surface area contributed by atoms with Gasteiger partial charge in [0.05, 0.1) is 5.97 Å². The summed E-state index contributed by atoms with van der Waals surface area (Å²) in [5, 5.41) is 18.9. The molecule has 1 aromatic rings. The predicted octanol–water partition coefficient (Wildman–Crippen LogP) is 0.148. The number of aliphatic carboxylic acids is 1. The van der Waals surface area contributed by atoms with Gasteiger partial charge in [0.15, 0.2) is 0 Å². The van der Waals surface area contributed by atoms with Crippen molar-refractivity contribution in [2.75, 3.05) is 0 Å². The van der Waals surface area contributed by atoms with Crippen LogP contribution in [0.4, 0.5) is 0 Å². The molecule has 0 fully saturated rings. The molecule has 0 aliphatic rings. The standard InChI is InChI=1S/C10H8O4/c11-9(12)6-5-7-3-1-2-4-8(7)10(13)14/h1-6H,(H,11,12)(H,13,14)/p-1/b6-5+. The second kappa shape index (κ2) is 4.23. The second-order valence-corrected chi connectivity index (χ2v) is 2.55. The lowest BCUT2D eigenvalue weighted by molar-refractivity contribution is -0.255. The van der Waals surface area contributed by atoms with E-state index in [1.54, 1.807) is 12.1 Å². The monoisotopic (exact) mass is 191 g/mol. The summed E-state index contributed by atoms with van der Waals surface area (Å²) >= 11 is 0. The topological polar surface area (TPSA) is 77.4 Å². The number of carboxylic acid groups (broad SMARTS) is 2. The first-order valence-electron chi connectivity index (χ1n) is 3.82. The van der Waals surface area contributed by atoms with E-state index in [9.17, 15) is 14.7 Å². The van der Waals surface area contributed by atoms with Crippen LogP contribution in [0.2, 0.25) is 0 Å². The molecule has 72 valence electrons. The summed E-state index contributed by atoms with van der Waals surface area (Å²) in [7, 11) is 0. The van der Waals surface area contributed by atoms with Crippen LogP contribution in [-0.2, 0) is 4.79 Å². The number of hydrogen-bond donors (Lipinski definition) is 1. The zero-order valence-corrected chi connectivity index (χ0v) is 7.14. The minimum Gasteiger partial charge on any atom is -0.545 e. The van der Waals surface area contributed by atoms with Gasteiger partial charge >= 0.3 is 5.97 Å². The number of carbonyl (C=O) groups is 2. The Kier molecular flexibility index (Phi) is 3.01. The van der Waals surface area contributed by atoms with Gasteiger partial charge in [-0.15, -0.1) is 0 Å². The zero-order chi connectivity index (χ0) is 10.6. The first-order valence-corrected chi connectivity index (χ1v) is 3.82. The fourth-order valence-electron chi connectivity index (χ4n) is 0.989. The minimum atomic E-state index is -1.32. The Labute approximate surface area is 80.1 Å². The molecule has 0 heterocycles. The van der Waals surface area contributed by atoms with Gasteiger partial charge < -0.3 is 15.0 Å². The Bertz CT molecular complexity index is 393. The van der Waals surface area contributed by atoms with E-state index in [4.69, 9.17) is 5.11 Å². The van der Waals surface area contributed by atoms with Crippen molar-refractivity contribution in [1.82, 2.24) is 0 Å². The van der Waals surface area contributed by atoms with Gasteiger partial charge in [-0.05, 0) is 11.6 Å². The van der Waals surface area contributed by atoms with E-state index >= 15 is 0 Å². The van der Waals surface area contributed by atoms with Crippen molar-refractivity contribution in [3.8, 4) is 0 Å². The van der Waals surface area contributed by atoms with Gasteiger partial charge in [0, 0.05) is 11.6 Å². The Hall–Kier alpha value is -2.10. The van der Waals surface area contributed by atoms with Crippen LogP contribution in [0.15, 0.2) is 30.3 Å². The van der Waals surface area contributed by atoms with E-state index in [2.05, 4.69) is 0 Å². The third-order valence-corrected chi connectivity index (χ3v) is 1.59. The van der Waals surface area contributed by atoms with Gasteiger partial charge in [0.2, 0.25) is 0 Å². The van der Waals surface area contributed by atoms with Crippen LogP contribution in [0.3, 0.4) is 0 Å². The Morgan fingerprint density at radius 2 is 1.93 bits per heavy atom. The third-order valence-electron chi connectivity index (χ3n) is 1.59. The van der Waals surface area contributed by atoms with Crippen molar-refractivity contribution in [3.05, 3.63) is 41.5 Å². The van der Waals surface area contributed by atoms with Gasteiger partial charge in [-0.2, -0.15) is 0 Å². The second-order valence-electron chi connectivity index (χ2n) is 2.55. The lowest BCUT2D eigenvalue weighted by atomic mass is 10.1. The van der Waals surface area contributed by atoms with Crippen LogP contribution in [0.5, 0.6) is 0 Å². The van der Waals surface area contributed by atoms with Crippen molar-refractivity contribution in [2.24, 2.45) is 0 Å². The molecule has 0 atom stereocenters. The zero-order valence-electron chi connectivity index (χ0n) is 7.14. The number of hydrogen-bond acceptors (Lipinski definition) is 3. The van der Waals surface area contributed by atoms with E-state index in [0.29, 0.717) is 5.56 Å². The van der Waals surface area contributed by atoms with Crippen LogP contribution in [0.25, 0.3) is 6.08 Å². The maximum absolute atomic E-state index is 10.6. The van der Waals surface area contributed by atoms with Crippen molar-refractivity contribution in [2.45, 2.75) is 0 Å². The molecule has 0 amide bonds. The van der Waals surface area contributed by atoms with Crippen molar-refractivity contribution in [3.63, 3.8) is 0 Å². The number of carboxylic acids is 2. The van der Waals surface area contributed by atoms with Crippen molar-refractivity contribution < 1.29 is 19.8 Å². The van der Waals surface area contributed by atoms with Crippen LogP contribution in [-0.4, -0.2) is 17.0 Å². The molecule has 0 aliphatic heterocycles. The number of benzene rings is 1. The van der Waals surface area contributed by atoms with Gasteiger partial charge in [-0.1, -0.05) is 24.3 Å². The summed E-state index contributed by atoms with van der Waals surface area (Å²) in [5.41, 5.74) is 0.292. The highest BCUT2D eigenvalue weighted by Gasteiger charge is 1.98. The summed E-state index contributed by atoms with van der Waals surface area (Å²) in [6, 6.07) is 6.03. The molecule has 4 heteroatoms. The molecule has 0 bridgehead atoms. The van der Waals surface area contributed by atoms with E-state index in [0.717, 1.165) is 6.08 Å². The smallest absolute Gasteiger partial charge is 0.328 e. The fraction of sp³-hybridized carbons (Fsp3) is 0. The lowest BCUT2D eigenvalue weighted by Gasteiger charge is -2.05. The SMILES string of the molecule is O=C(O)/C=C/c1ccccc1C(=O)[O-]. The Balaban J connectivity index is 3.07. The molecular formula is C10H7O4-. The highest BCUT2D eigenvalue weighted by atomic mass is 16.4. The predicted molar refractivity (Wildman–Crippen MR) is 47.4 cm³/mol. The van der Waals surface area contributed by atoms with E-state index < -0.39 is 11.9 Å². The van der Waals surface area contributed by atoms with Crippen LogP contribution in [0, 0.1) is 0 Å². The van der Waals surface area contributed by atoms with Crippen LogP contribution in [0.1, 0.15) is 15.9 Å². The summed E-state index contributed by atoms with van der Waals surface area (Å²) in [4.78, 5) is 20.8. The number of aromatic carboxylic acids is 1. The minimum absolute atomic E-state index is 0.0231.